The quantitative estimate of drug-likeness (QED) is 0.724. The molecule has 0 unspecified atom stereocenters. The molecule has 0 radical (unpaired) electrons. The zero-order valence-corrected chi connectivity index (χ0v) is 12.5. The number of rotatable bonds is 5. The number of hydrogen-bond donors (Lipinski definition) is 2. The second-order valence-electron chi connectivity index (χ2n) is 4.10. The molecule has 120 valence electrons. The topological polar surface area (TPSA) is 130 Å². The molecule has 0 aromatic carbocycles. The predicted octanol–water partition coefficient (Wildman–Crippen LogP) is -0.126. The molecule has 0 spiro atoms. The smallest absolute Gasteiger partial charge is 0.342 e. The first kappa shape index (κ1) is 17.2. The predicted molar refractivity (Wildman–Crippen MR) is 77.1 cm³/mol. The Morgan fingerprint density at radius 1 is 1.18 bits per heavy atom. The number of anilines is 1. The molecule has 0 saturated heterocycles. The maximum Gasteiger partial charge on any atom is 0.342 e. The van der Waals surface area contributed by atoms with Crippen molar-refractivity contribution in [2.75, 3.05) is 24.4 Å². The zero-order valence-electron chi connectivity index (χ0n) is 12.5. The molecule has 0 aliphatic carbocycles. The fourth-order valence-corrected chi connectivity index (χ4v) is 1.69. The molecule has 0 aliphatic rings. The number of nitrogens with one attached hydrogen (secondary N) is 1. The van der Waals surface area contributed by atoms with Crippen molar-refractivity contribution in [1.29, 1.82) is 0 Å². The highest BCUT2D eigenvalue weighted by Crippen LogP contribution is 2.17. The Hall–Kier alpha value is -2.84. The van der Waals surface area contributed by atoms with Crippen LogP contribution >= 0.6 is 0 Å². The van der Waals surface area contributed by atoms with Crippen molar-refractivity contribution in [2.24, 2.45) is 0 Å². The number of esters is 2. The van der Waals surface area contributed by atoms with Gasteiger partial charge in [0.2, 0.25) is 5.91 Å². The van der Waals surface area contributed by atoms with E-state index in [9.17, 15) is 19.2 Å². The second kappa shape index (κ2) is 7.25. The van der Waals surface area contributed by atoms with E-state index < -0.39 is 29.2 Å². The van der Waals surface area contributed by atoms with Crippen molar-refractivity contribution in [3.8, 4) is 0 Å². The van der Waals surface area contributed by atoms with Crippen LogP contribution in [0.2, 0.25) is 0 Å². The first-order valence-electron chi connectivity index (χ1n) is 6.50. The van der Waals surface area contributed by atoms with Crippen LogP contribution in [0.5, 0.6) is 0 Å². The lowest BCUT2D eigenvalue weighted by molar-refractivity contribution is -0.115. The number of pyridine rings is 1. The van der Waals surface area contributed by atoms with Crippen molar-refractivity contribution in [1.82, 2.24) is 4.68 Å². The van der Waals surface area contributed by atoms with Crippen LogP contribution in [0.1, 0.15) is 41.5 Å². The van der Waals surface area contributed by atoms with Crippen molar-refractivity contribution in [3.63, 3.8) is 0 Å². The van der Waals surface area contributed by atoms with E-state index in [2.05, 4.69) is 5.43 Å². The first-order chi connectivity index (χ1) is 10.3. The zero-order chi connectivity index (χ0) is 16.9. The Morgan fingerprint density at radius 2 is 1.73 bits per heavy atom. The van der Waals surface area contributed by atoms with Gasteiger partial charge in [-0.25, -0.2) is 14.3 Å². The highest BCUT2D eigenvalue weighted by Gasteiger charge is 2.26. The lowest BCUT2D eigenvalue weighted by Crippen LogP contribution is -2.36. The molecule has 0 atom stereocenters. The van der Waals surface area contributed by atoms with Crippen LogP contribution < -0.4 is 16.7 Å². The molecule has 1 aromatic heterocycles. The summed E-state index contributed by atoms with van der Waals surface area (Å²) in [6.45, 7) is 4.40. The number of ether oxygens (including phenoxy) is 2. The average Bonchev–Trinajstić information content (AvgIpc) is 2.42. The minimum Gasteiger partial charge on any atom is -0.462 e. The minimum absolute atomic E-state index is 0.0415. The van der Waals surface area contributed by atoms with Crippen molar-refractivity contribution in [2.45, 2.75) is 20.8 Å². The number of nitrogens with two attached hydrogens (primary N) is 1. The van der Waals surface area contributed by atoms with Gasteiger partial charge in [0.15, 0.2) is 0 Å². The molecule has 0 aliphatic heterocycles. The van der Waals surface area contributed by atoms with Crippen LogP contribution in [-0.2, 0) is 14.3 Å². The molecule has 0 bridgehead atoms. The fraction of sp³-hybridized carbons (Fsp3) is 0.385. The molecule has 1 heterocycles. The van der Waals surface area contributed by atoms with Crippen LogP contribution in [-0.4, -0.2) is 35.7 Å². The van der Waals surface area contributed by atoms with Gasteiger partial charge in [0.1, 0.15) is 11.4 Å². The average molecular weight is 311 g/mol. The van der Waals surface area contributed by atoms with Gasteiger partial charge in [-0.05, 0) is 13.8 Å². The maximum atomic E-state index is 12.0. The summed E-state index contributed by atoms with van der Waals surface area (Å²) in [6, 6.07) is 0.858. The molecular formula is C13H17N3O6. The third-order valence-electron chi connectivity index (χ3n) is 2.50. The van der Waals surface area contributed by atoms with Gasteiger partial charge in [-0.15, -0.1) is 0 Å². The third-order valence-corrected chi connectivity index (χ3v) is 2.50. The van der Waals surface area contributed by atoms with Crippen LogP contribution in [0.4, 0.5) is 5.82 Å². The molecule has 9 heteroatoms. The lowest BCUT2D eigenvalue weighted by Gasteiger charge is -2.15. The van der Waals surface area contributed by atoms with Crippen LogP contribution in [0.3, 0.4) is 0 Å². The Bertz CT molecular complexity index is 664. The molecule has 1 amide bonds. The summed E-state index contributed by atoms with van der Waals surface area (Å²) in [5.74, 6) is -2.77. The molecule has 1 rings (SSSR count). The van der Waals surface area contributed by atoms with Crippen molar-refractivity contribution >= 4 is 23.7 Å². The number of hydrogen-bond acceptors (Lipinski definition) is 7. The van der Waals surface area contributed by atoms with Gasteiger partial charge in [-0.3, -0.25) is 15.0 Å². The van der Waals surface area contributed by atoms with Gasteiger partial charge in [0, 0.05) is 13.0 Å². The number of carbonyl (C=O) groups excluding carboxylic acids is 3. The normalized spacial score (nSPS) is 9.95. The van der Waals surface area contributed by atoms with Gasteiger partial charge in [-0.1, -0.05) is 0 Å². The molecule has 0 saturated carbocycles. The van der Waals surface area contributed by atoms with Crippen LogP contribution in [0.25, 0.3) is 0 Å². The SMILES string of the molecule is CCOC(=O)c1cc(=O)n(NC(C)=O)c(N)c1C(=O)OCC. The van der Waals surface area contributed by atoms with Crippen LogP contribution in [0, 0.1) is 0 Å². The third kappa shape index (κ3) is 3.62. The Morgan fingerprint density at radius 3 is 2.23 bits per heavy atom. The molecule has 9 nitrogen and oxygen atoms in total. The van der Waals surface area contributed by atoms with E-state index >= 15 is 0 Å². The fourth-order valence-electron chi connectivity index (χ4n) is 1.69. The van der Waals surface area contributed by atoms with E-state index in [0.29, 0.717) is 4.68 Å². The first-order valence-corrected chi connectivity index (χ1v) is 6.50. The van der Waals surface area contributed by atoms with Gasteiger partial charge in [0.05, 0.1) is 18.8 Å². The number of nitrogen functional groups attached to an aromatic ring is 1. The summed E-state index contributed by atoms with van der Waals surface area (Å²) in [4.78, 5) is 47.0. The van der Waals surface area contributed by atoms with E-state index in [1.54, 1.807) is 13.8 Å². The van der Waals surface area contributed by atoms with E-state index in [0.717, 1.165) is 13.0 Å². The molecule has 22 heavy (non-hydrogen) atoms. The summed E-state index contributed by atoms with van der Waals surface area (Å²) >= 11 is 0. The van der Waals surface area contributed by atoms with Gasteiger partial charge in [0.25, 0.3) is 5.56 Å². The van der Waals surface area contributed by atoms with Crippen LogP contribution in [0.15, 0.2) is 10.9 Å². The largest absolute Gasteiger partial charge is 0.462 e. The monoisotopic (exact) mass is 311 g/mol. The highest BCUT2D eigenvalue weighted by atomic mass is 16.5. The number of nitrogens with zero attached hydrogens (tertiary/aromatic N) is 1. The van der Waals surface area contributed by atoms with E-state index in [4.69, 9.17) is 15.2 Å². The summed E-state index contributed by atoms with van der Waals surface area (Å²) in [6.07, 6.45) is 0. The summed E-state index contributed by atoms with van der Waals surface area (Å²) in [5.41, 5.74) is 6.45. The van der Waals surface area contributed by atoms with Gasteiger partial charge in [-0.2, -0.15) is 0 Å². The Kier molecular flexibility index (Phi) is 5.67. The molecular weight excluding hydrogens is 294 g/mol. The summed E-state index contributed by atoms with van der Waals surface area (Å²) in [5, 5.41) is 0. The Labute approximate surface area is 126 Å². The maximum absolute atomic E-state index is 12.0. The molecule has 1 aromatic rings. The van der Waals surface area contributed by atoms with E-state index in [1.807, 2.05) is 0 Å². The summed E-state index contributed by atoms with van der Waals surface area (Å²) < 4.78 is 10.3. The standard InChI is InChI=1S/C13H17N3O6/c1-4-21-12(19)8-6-9(18)16(15-7(3)17)11(14)10(8)13(20)22-5-2/h6H,4-5,14H2,1-3H3,(H,15,17). The molecule has 3 N–H and O–H groups in total. The molecule has 0 fully saturated rings. The number of amides is 1. The van der Waals surface area contributed by atoms with E-state index in [-0.39, 0.29) is 24.3 Å². The number of carbonyl (C=O) groups is 3. The summed E-state index contributed by atoms with van der Waals surface area (Å²) in [7, 11) is 0. The number of aromatic nitrogens is 1. The Balaban J connectivity index is 3.57. The highest BCUT2D eigenvalue weighted by molar-refractivity contribution is 6.06. The minimum atomic E-state index is -0.901. The van der Waals surface area contributed by atoms with Gasteiger partial charge < -0.3 is 15.2 Å². The van der Waals surface area contributed by atoms with Crippen molar-refractivity contribution in [3.05, 3.63) is 27.5 Å². The van der Waals surface area contributed by atoms with Crippen molar-refractivity contribution < 1.29 is 23.9 Å². The second-order valence-corrected chi connectivity index (χ2v) is 4.10. The van der Waals surface area contributed by atoms with Gasteiger partial charge >= 0.3 is 11.9 Å². The lowest BCUT2D eigenvalue weighted by atomic mass is 10.1. The van der Waals surface area contributed by atoms with E-state index in [1.165, 1.54) is 0 Å².